The van der Waals surface area contributed by atoms with E-state index in [-0.39, 0.29) is 12.4 Å². The SMILES string of the molecule is CC(=N)CC(=O)OC[Si](C)(C)c1ccccc1. The molecule has 0 amide bonds. The molecule has 1 aromatic carbocycles. The van der Waals surface area contributed by atoms with Crippen molar-refractivity contribution in [2.24, 2.45) is 0 Å². The maximum absolute atomic E-state index is 11.4. The first-order valence-electron chi connectivity index (χ1n) is 5.67. The van der Waals surface area contributed by atoms with Gasteiger partial charge < -0.3 is 10.1 Å². The van der Waals surface area contributed by atoms with Gasteiger partial charge in [-0.1, -0.05) is 48.6 Å². The summed E-state index contributed by atoms with van der Waals surface area (Å²) < 4.78 is 5.25. The molecule has 0 aliphatic heterocycles. The zero-order valence-corrected chi connectivity index (χ0v) is 11.6. The summed E-state index contributed by atoms with van der Waals surface area (Å²) in [4.78, 5) is 11.4. The zero-order chi connectivity index (χ0) is 12.9. The lowest BCUT2D eigenvalue weighted by molar-refractivity contribution is -0.140. The van der Waals surface area contributed by atoms with E-state index in [1.165, 1.54) is 5.19 Å². The molecule has 17 heavy (non-hydrogen) atoms. The monoisotopic (exact) mass is 249 g/mol. The van der Waals surface area contributed by atoms with Gasteiger partial charge in [0.25, 0.3) is 0 Å². The van der Waals surface area contributed by atoms with Crippen LogP contribution in [0.2, 0.25) is 13.1 Å². The minimum Gasteiger partial charge on any atom is -0.469 e. The van der Waals surface area contributed by atoms with E-state index < -0.39 is 8.07 Å². The predicted molar refractivity (Wildman–Crippen MR) is 72.5 cm³/mol. The van der Waals surface area contributed by atoms with Crippen LogP contribution in [0, 0.1) is 5.41 Å². The van der Waals surface area contributed by atoms with Crippen molar-refractivity contribution < 1.29 is 9.53 Å². The molecule has 92 valence electrons. The summed E-state index contributed by atoms with van der Waals surface area (Å²) in [6, 6.07) is 10.2. The van der Waals surface area contributed by atoms with E-state index in [0.717, 1.165) is 0 Å². The largest absolute Gasteiger partial charge is 0.469 e. The highest BCUT2D eigenvalue weighted by Gasteiger charge is 2.25. The predicted octanol–water partition coefficient (Wildman–Crippen LogP) is 2.11. The van der Waals surface area contributed by atoms with Gasteiger partial charge in [0.15, 0.2) is 0 Å². The topological polar surface area (TPSA) is 50.2 Å². The smallest absolute Gasteiger partial charge is 0.311 e. The summed E-state index contributed by atoms with van der Waals surface area (Å²) in [7, 11) is -1.71. The number of rotatable bonds is 5. The van der Waals surface area contributed by atoms with Crippen LogP contribution in [0.5, 0.6) is 0 Å². The minimum absolute atomic E-state index is 0.0965. The van der Waals surface area contributed by atoms with Crippen molar-refractivity contribution in [3.8, 4) is 0 Å². The zero-order valence-electron chi connectivity index (χ0n) is 10.6. The van der Waals surface area contributed by atoms with E-state index in [9.17, 15) is 4.79 Å². The Bertz CT molecular complexity index is 401. The first-order chi connectivity index (χ1) is 7.92. The molecule has 0 saturated carbocycles. The summed E-state index contributed by atoms with van der Waals surface area (Å²) in [6.07, 6.45) is 0.572. The third-order valence-corrected chi connectivity index (χ3v) is 5.32. The molecule has 0 fully saturated rings. The van der Waals surface area contributed by atoms with Gasteiger partial charge in [-0.05, 0) is 6.92 Å². The van der Waals surface area contributed by atoms with E-state index in [2.05, 4.69) is 25.2 Å². The van der Waals surface area contributed by atoms with Crippen LogP contribution in [0.3, 0.4) is 0 Å². The second-order valence-corrected chi connectivity index (χ2v) is 9.50. The fourth-order valence-corrected chi connectivity index (χ4v) is 3.28. The van der Waals surface area contributed by atoms with E-state index >= 15 is 0 Å². The molecule has 0 unspecified atom stereocenters. The van der Waals surface area contributed by atoms with Crippen molar-refractivity contribution in [2.45, 2.75) is 26.4 Å². The Kier molecular flexibility index (Phi) is 4.63. The standard InChI is InChI=1S/C13H19NO2Si/c1-11(14)9-13(15)16-10-17(2,3)12-7-5-4-6-8-12/h4-8,14H,9-10H2,1-3H3. The molecule has 4 heteroatoms. The second-order valence-electron chi connectivity index (χ2n) is 4.87. The van der Waals surface area contributed by atoms with E-state index in [0.29, 0.717) is 11.9 Å². The average molecular weight is 249 g/mol. The quantitative estimate of drug-likeness (QED) is 0.493. The van der Waals surface area contributed by atoms with Crippen molar-refractivity contribution in [3.05, 3.63) is 30.3 Å². The number of esters is 1. The summed E-state index contributed by atoms with van der Waals surface area (Å²) >= 11 is 0. The highest BCUT2D eigenvalue weighted by molar-refractivity contribution is 6.89. The Labute approximate surface area is 103 Å². The van der Waals surface area contributed by atoms with Crippen LogP contribution in [0.4, 0.5) is 0 Å². The fraction of sp³-hybridized carbons (Fsp3) is 0.385. The average Bonchev–Trinajstić information content (AvgIpc) is 2.27. The maximum atomic E-state index is 11.4. The minimum atomic E-state index is -1.71. The van der Waals surface area contributed by atoms with E-state index in [1.807, 2.05) is 18.2 Å². The summed E-state index contributed by atoms with van der Waals surface area (Å²) in [5.41, 5.74) is 0.342. The number of nitrogens with one attached hydrogen (secondary N) is 1. The second kappa shape index (κ2) is 5.77. The fourth-order valence-electron chi connectivity index (χ4n) is 1.50. The van der Waals surface area contributed by atoms with E-state index in [4.69, 9.17) is 10.1 Å². The van der Waals surface area contributed by atoms with Crippen molar-refractivity contribution in [1.29, 1.82) is 5.41 Å². The van der Waals surface area contributed by atoms with Crippen molar-refractivity contribution >= 4 is 24.9 Å². The Morgan fingerprint density at radius 1 is 1.29 bits per heavy atom. The van der Waals surface area contributed by atoms with Gasteiger partial charge in [-0.3, -0.25) is 4.79 Å². The molecule has 0 heterocycles. The number of benzene rings is 1. The molecule has 0 atom stereocenters. The van der Waals surface area contributed by atoms with Gasteiger partial charge in [0.05, 0.1) is 12.7 Å². The molecule has 0 aliphatic rings. The van der Waals surface area contributed by atoms with Crippen molar-refractivity contribution in [3.63, 3.8) is 0 Å². The van der Waals surface area contributed by atoms with Gasteiger partial charge >= 0.3 is 5.97 Å². The highest BCUT2D eigenvalue weighted by atomic mass is 28.3. The third-order valence-electron chi connectivity index (χ3n) is 2.56. The molecule has 0 radical (unpaired) electrons. The van der Waals surface area contributed by atoms with Crippen LogP contribution in [0.15, 0.2) is 30.3 Å². The third kappa shape index (κ3) is 4.52. The summed E-state index contributed by atoms with van der Waals surface area (Å²) in [5.74, 6) is -0.297. The Morgan fingerprint density at radius 3 is 2.41 bits per heavy atom. The lowest BCUT2D eigenvalue weighted by atomic mass is 10.3. The van der Waals surface area contributed by atoms with Gasteiger partial charge in [0, 0.05) is 5.71 Å². The Balaban J connectivity index is 2.56. The van der Waals surface area contributed by atoms with Crippen LogP contribution >= 0.6 is 0 Å². The molecule has 1 N–H and O–H groups in total. The number of carbonyl (C=O) groups excluding carboxylic acids is 1. The number of hydrogen-bond acceptors (Lipinski definition) is 3. The maximum Gasteiger partial charge on any atom is 0.311 e. The molecular weight excluding hydrogens is 230 g/mol. The van der Waals surface area contributed by atoms with Crippen molar-refractivity contribution in [2.75, 3.05) is 6.23 Å². The molecule has 1 rings (SSSR count). The number of ether oxygens (including phenoxy) is 1. The highest BCUT2D eigenvalue weighted by Crippen LogP contribution is 2.04. The van der Waals surface area contributed by atoms with Gasteiger partial charge in [-0.25, -0.2) is 0 Å². The van der Waals surface area contributed by atoms with Gasteiger partial charge in [0.2, 0.25) is 0 Å². The molecule has 0 saturated heterocycles. The lowest BCUT2D eigenvalue weighted by Gasteiger charge is -2.22. The normalized spacial score (nSPS) is 11.0. The Morgan fingerprint density at radius 2 is 1.88 bits per heavy atom. The molecule has 0 bridgehead atoms. The molecule has 1 aromatic rings. The van der Waals surface area contributed by atoms with Crippen LogP contribution in [0.1, 0.15) is 13.3 Å². The van der Waals surface area contributed by atoms with Crippen LogP contribution in [-0.2, 0) is 9.53 Å². The van der Waals surface area contributed by atoms with Crippen molar-refractivity contribution in [1.82, 2.24) is 0 Å². The Hall–Kier alpha value is -1.42. The summed E-state index contributed by atoms with van der Waals surface area (Å²) in [6.45, 7) is 5.96. The number of hydrogen-bond donors (Lipinski definition) is 1. The number of carbonyl (C=O) groups is 1. The molecular formula is C13H19NO2Si. The molecule has 0 spiro atoms. The first kappa shape index (κ1) is 13.6. The van der Waals surface area contributed by atoms with Crippen LogP contribution in [-0.4, -0.2) is 26.0 Å². The van der Waals surface area contributed by atoms with Gasteiger partial charge in [-0.15, -0.1) is 0 Å². The van der Waals surface area contributed by atoms with Gasteiger partial charge in [-0.2, -0.15) is 0 Å². The molecule has 0 aromatic heterocycles. The van der Waals surface area contributed by atoms with E-state index in [1.54, 1.807) is 6.92 Å². The van der Waals surface area contributed by atoms with Crippen LogP contribution < -0.4 is 5.19 Å². The summed E-state index contributed by atoms with van der Waals surface area (Å²) in [5, 5.41) is 8.51. The van der Waals surface area contributed by atoms with Gasteiger partial charge in [0.1, 0.15) is 8.07 Å². The molecule has 3 nitrogen and oxygen atoms in total. The lowest BCUT2D eigenvalue weighted by Crippen LogP contribution is -2.46. The first-order valence-corrected chi connectivity index (χ1v) is 8.88. The van der Waals surface area contributed by atoms with Crippen LogP contribution in [0.25, 0.3) is 0 Å². The molecule has 0 aliphatic carbocycles.